The lowest BCUT2D eigenvalue weighted by molar-refractivity contribution is -0.137. The lowest BCUT2D eigenvalue weighted by atomic mass is 10.2. The van der Waals surface area contributed by atoms with Crippen LogP contribution in [0.4, 0.5) is 0 Å². The zero-order valence-electron chi connectivity index (χ0n) is 6.86. The molecule has 0 aliphatic heterocycles. The number of ether oxygens (including phenoxy) is 2. The van der Waals surface area contributed by atoms with Gasteiger partial charge in [-0.25, -0.2) is 4.79 Å². The van der Waals surface area contributed by atoms with Crippen molar-refractivity contribution in [3.8, 4) is 0 Å². The summed E-state index contributed by atoms with van der Waals surface area (Å²) in [6, 6.07) is 0. The van der Waals surface area contributed by atoms with Gasteiger partial charge < -0.3 is 19.4 Å². The van der Waals surface area contributed by atoms with Crippen LogP contribution in [0.3, 0.4) is 0 Å². The third-order valence-corrected chi connectivity index (χ3v) is 1.17. The Kier molecular flexibility index (Phi) is 4.52. The SMILES string of the molecule is COC(=O)/C(CC=O)=C(/O)OC. The summed E-state index contributed by atoms with van der Waals surface area (Å²) in [4.78, 5) is 20.9. The molecule has 0 aromatic carbocycles. The van der Waals surface area contributed by atoms with Crippen molar-refractivity contribution in [2.45, 2.75) is 6.42 Å². The molecule has 0 fully saturated rings. The first-order valence-corrected chi connectivity index (χ1v) is 3.15. The van der Waals surface area contributed by atoms with Crippen molar-refractivity contribution in [3.63, 3.8) is 0 Å². The van der Waals surface area contributed by atoms with E-state index in [4.69, 9.17) is 5.11 Å². The minimum absolute atomic E-state index is 0.185. The summed E-state index contributed by atoms with van der Waals surface area (Å²) >= 11 is 0. The first-order chi connectivity index (χ1) is 5.67. The van der Waals surface area contributed by atoms with Crippen LogP contribution in [0.25, 0.3) is 0 Å². The van der Waals surface area contributed by atoms with Crippen molar-refractivity contribution in [2.24, 2.45) is 0 Å². The van der Waals surface area contributed by atoms with Gasteiger partial charge in [0, 0.05) is 6.42 Å². The number of hydrogen-bond donors (Lipinski definition) is 1. The normalized spacial score (nSPS) is 11.5. The average Bonchev–Trinajstić information content (AvgIpc) is 2.11. The second-order valence-corrected chi connectivity index (χ2v) is 1.85. The Morgan fingerprint density at radius 1 is 1.42 bits per heavy atom. The summed E-state index contributed by atoms with van der Waals surface area (Å²) in [6.07, 6.45) is 0.244. The Hall–Kier alpha value is -1.52. The van der Waals surface area contributed by atoms with Crippen LogP contribution in [0.15, 0.2) is 11.5 Å². The molecule has 0 heterocycles. The molecule has 0 amide bonds. The minimum Gasteiger partial charge on any atom is -0.481 e. The summed E-state index contributed by atoms with van der Waals surface area (Å²) in [7, 11) is 2.33. The monoisotopic (exact) mass is 174 g/mol. The van der Waals surface area contributed by atoms with Gasteiger partial charge in [0.05, 0.1) is 14.2 Å². The van der Waals surface area contributed by atoms with E-state index in [9.17, 15) is 9.59 Å². The van der Waals surface area contributed by atoms with Gasteiger partial charge in [0.15, 0.2) is 0 Å². The molecule has 12 heavy (non-hydrogen) atoms. The maximum Gasteiger partial charge on any atom is 0.341 e. The highest BCUT2D eigenvalue weighted by atomic mass is 16.6. The lowest BCUT2D eigenvalue weighted by Crippen LogP contribution is -2.09. The van der Waals surface area contributed by atoms with E-state index in [0.717, 1.165) is 7.11 Å². The molecule has 0 aromatic heterocycles. The Morgan fingerprint density at radius 3 is 2.33 bits per heavy atom. The zero-order chi connectivity index (χ0) is 9.56. The van der Waals surface area contributed by atoms with E-state index in [2.05, 4.69) is 9.47 Å². The molecule has 0 bridgehead atoms. The van der Waals surface area contributed by atoms with E-state index in [0.29, 0.717) is 6.29 Å². The van der Waals surface area contributed by atoms with Crippen molar-refractivity contribution in [1.29, 1.82) is 0 Å². The molecule has 0 aliphatic rings. The third kappa shape index (κ3) is 2.61. The Bertz CT molecular complexity index is 206. The number of aldehydes is 1. The van der Waals surface area contributed by atoms with Gasteiger partial charge in [0.2, 0.25) is 0 Å². The lowest BCUT2D eigenvalue weighted by Gasteiger charge is -2.03. The van der Waals surface area contributed by atoms with Gasteiger partial charge >= 0.3 is 5.97 Å². The van der Waals surface area contributed by atoms with Gasteiger partial charge in [-0.15, -0.1) is 0 Å². The van der Waals surface area contributed by atoms with Gasteiger partial charge in [-0.2, -0.15) is 0 Å². The van der Waals surface area contributed by atoms with E-state index < -0.39 is 11.9 Å². The van der Waals surface area contributed by atoms with E-state index in [1.807, 2.05) is 0 Å². The van der Waals surface area contributed by atoms with Crippen LogP contribution in [-0.4, -0.2) is 31.6 Å². The highest BCUT2D eigenvalue weighted by molar-refractivity contribution is 5.91. The van der Waals surface area contributed by atoms with E-state index in [-0.39, 0.29) is 12.0 Å². The van der Waals surface area contributed by atoms with Crippen LogP contribution in [0.2, 0.25) is 0 Å². The van der Waals surface area contributed by atoms with E-state index in [1.165, 1.54) is 7.11 Å². The topological polar surface area (TPSA) is 72.8 Å². The highest BCUT2D eigenvalue weighted by Gasteiger charge is 2.15. The number of methoxy groups -OCH3 is 2. The molecule has 0 aliphatic carbocycles. The summed E-state index contributed by atoms with van der Waals surface area (Å²) in [6.45, 7) is 0. The number of esters is 1. The fourth-order valence-corrected chi connectivity index (χ4v) is 0.588. The first-order valence-electron chi connectivity index (χ1n) is 3.15. The molecule has 0 radical (unpaired) electrons. The van der Waals surface area contributed by atoms with Gasteiger partial charge in [-0.3, -0.25) is 0 Å². The molecule has 0 saturated carbocycles. The van der Waals surface area contributed by atoms with Crippen LogP contribution < -0.4 is 0 Å². The predicted octanol–water partition coefficient (Wildman–Crippen LogP) is 0.164. The Morgan fingerprint density at radius 2 is 2.00 bits per heavy atom. The smallest absolute Gasteiger partial charge is 0.341 e. The second-order valence-electron chi connectivity index (χ2n) is 1.85. The Labute approximate surface area is 69.6 Å². The number of hydrogen-bond acceptors (Lipinski definition) is 5. The fraction of sp³-hybridized carbons (Fsp3) is 0.429. The molecule has 0 atom stereocenters. The van der Waals surface area contributed by atoms with Crippen LogP contribution in [0.5, 0.6) is 0 Å². The molecule has 0 aromatic rings. The molecule has 0 saturated heterocycles. The molecular formula is C7H10O5. The number of aliphatic hydroxyl groups excluding tert-OH is 1. The quantitative estimate of drug-likeness (QED) is 0.284. The maximum atomic E-state index is 10.8. The van der Waals surface area contributed by atoms with Gasteiger partial charge in [-0.1, -0.05) is 0 Å². The summed E-state index contributed by atoms with van der Waals surface area (Å²) in [5, 5.41) is 8.95. The number of carbonyl (C=O) groups excluding carboxylic acids is 2. The standard InChI is InChI=1S/C7H10O5/c1-11-6(9)5(3-4-8)7(10)12-2/h4,9H,3H2,1-2H3/b6-5-. The van der Waals surface area contributed by atoms with E-state index >= 15 is 0 Å². The van der Waals surface area contributed by atoms with Gasteiger partial charge in [0.1, 0.15) is 11.9 Å². The molecule has 68 valence electrons. The number of carbonyl (C=O) groups is 2. The third-order valence-electron chi connectivity index (χ3n) is 1.17. The zero-order valence-corrected chi connectivity index (χ0v) is 6.86. The summed E-state index contributed by atoms with van der Waals surface area (Å²) in [5.41, 5.74) is -0.185. The number of rotatable bonds is 4. The van der Waals surface area contributed by atoms with Crippen molar-refractivity contribution < 1.29 is 24.2 Å². The molecule has 0 rings (SSSR count). The van der Waals surface area contributed by atoms with Crippen LogP contribution >= 0.6 is 0 Å². The molecule has 1 N–H and O–H groups in total. The van der Waals surface area contributed by atoms with Crippen molar-refractivity contribution in [2.75, 3.05) is 14.2 Å². The first kappa shape index (κ1) is 10.5. The predicted molar refractivity (Wildman–Crippen MR) is 39.4 cm³/mol. The van der Waals surface area contributed by atoms with Gasteiger partial charge in [0.25, 0.3) is 5.95 Å². The largest absolute Gasteiger partial charge is 0.481 e. The van der Waals surface area contributed by atoms with E-state index in [1.54, 1.807) is 0 Å². The molecular weight excluding hydrogens is 164 g/mol. The molecule has 0 spiro atoms. The highest BCUT2D eigenvalue weighted by Crippen LogP contribution is 2.07. The van der Waals surface area contributed by atoms with Crippen LogP contribution in [0.1, 0.15) is 6.42 Å². The Balaban J connectivity index is 4.63. The van der Waals surface area contributed by atoms with Crippen LogP contribution in [-0.2, 0) is 19.1 Å². The summed E-state index contributed by atoms with van der Waals surface area (Å²) < 4.78 is 8.66. The fourth-order valence-electron chi connectivity index (χ4n) is 0.588. The summed E-state index contributed by atoms with van der Waals surface area (Å²) in [5.74, 6) is -1.37. The molecule has 0 unspecified atom stereocenters. The maximum absolute atomic E-state index is 10.8. The van der Waals surface area contributed by atoms with Crippen molar-refractivity contribution >= 4 is 12.3 Å². The van der Waals surface area contributed by atoms with Crippen molar-refractivity contribution in [1.82, 2.24) is 0 Å². The minimum atomic E-state index is -0.776. The van der Waals surface area contributed by atoms with Crippen LogP contribution in [0, 0.1) is 0 Å². The molecule has 5 nitrogen and oxygen atoms in total. The van der Waals surface area contributed by atoms with Crippen molar-refractivity contribution in [3.05, 3.63) is 11.5 Å². The molecule has 5 heteroatoms. The van der Waals surface area contributed by atoms with Gasteiger partial charge in [-0.05, 0) is 0 Å². The average molecular weight is 174 g/mol. The second kappa shape index (κ2) is 5.17. The number of aliphatic hydroxyl groups is 1.